The van der Waals surface area contributed by atoms with Gasteiger partial charge in [0, 0.05) is 0 Å². The zero-order chi connectivity index (χ0) is 6.28. The largest absolute Gasteiger partial charge is 0.324 e. The Balaban J connectivity index is 0. The van der Waals surface area contributed by atoms with Gasteiger partial charge < -0.3 is 4.89 Å². The van der Waals surface area contributed by atoms with E-state index in [0.717, 1.165) is 0 Å². The first-order valence-corrected chi connectivity index (χ1v) is 4.82. The number of hydrogen-bond donors (Lipinski definition) is 1. The average molecular weight is 141 g/mol. The Kier molecular flexibility index (Phi) is 14.3. The minimum Gasteiger partial charge on any atom is -0.310 e. The van der Waals surface area contributed by atoms with Crippen molar-refractivity contribution in [3.63, 3.8) is 0 Å². The molecule has 0 aliphatic carbocycles. The molecule has 2 nitrogen and oxygen atoms in total. The quantitative estimate of drug-likeness (QED) is 0.398. The van der Waals surface area contributed by atoms with Gasteiger partial charge in [-0.15, -0.1) is 0 Å². The van der Waals surface area contributed by atoms with Crippen LogP contribution in [0.25, 0.3) is 0 Å². The van der Waals surface area contributed by atoms with Gasteiger partial charge in [-0.2, -0.15) is 0 Å². The summed E-state index contributed by atoms with van der Waals surface area (Å²) in [5, 5.41) is 0. The summed E-state index contributed by atoms with van der Waals surface area (Å²) in [7, 11) is -0.194. The lowest BCUT2D eigenvalue weighted by Crippen LogP contribution is -1.84. The molecule has 0 amide bonds. The number of rotatable bonds is 0. The lowest BCUT2D eigenvalue weighted by atomic mass is 11.9. The van der Waals surface area contributed by atoms with E-state index in [-0.39, 0.29) is 0 Å². The van der Waals surface area contributed by atoms with Gasteiger partial charge in [0.25, 0.3) is 0 Å². The molecule has 0 aromatic carbocycles. The highest BCUT2D eigenvalue weighted by atomic mass is 32.2. The second-order valence-electron chi connectivity index (χ2n) is 1.31. The van der Waals surface area contributed by atoms with E-state index in [1.54, 1.807) is 0 Å². The smallest absolute Gasteiger partial charge is 0.310 e. The molecule has 4 heteroatoms. The lowest BCUT2D eigenvalue weighted by molar-refractivity contribution is 0.524. The maximum atomic E-state index is 8.46. The first kappa shape index (κ1) is 10.4. The molecule has 0 aliphatic heterocycles. The van der Waals surface area contributed by atoms with Gasteiger partial charge in [-0.1, -0.05) is 0 Å². The molecule has 0 heterocycles. The van der Waals surface area contributed by atoms with E-state index in [2.05, 4.69) is 18.8 Å². The van der Waals surface area contributed by atoms with Crippen LogP contribution in [0.1, 0.15) is 0 Å². The maximum absolute atomic E-state index is 8.46. The molecular formula is C3H10O2PS+. The first-order valence-electron chi connectivity index (χ1n) is 1.61. The highest BCUT2D eigenvalue weighted by Gasteiger charge is 1.77. The average Bonchev–Trinajstić information content (AvgIpc) is 1.33. The summed E-state index contributed by atoms with van der Waals surface area (Å²) in [5.41, 5.74) is 0. The lowest BCUT2D eigenvalue weighted by Gasteiger charge is -1.69. The van der Waals surface area contributed by atoms with Crippen LogP contribution in [0.5, 0.6) is 0 Å². The summed E-state index contributed by atoms with van der Waals surface area (Å²) in [6.45, 7) is 0. The summed E-state index contributed by atoms with van der Waals surface area (Å²) >= 11 is 0. The van der Waals surface area contributed by atoms with Crippen molar-refractivity contribution in [2.24, 2.45) is 0 Å². The molecule has 44 valence electrons. The van der Waals surface area contributed by atoms with Crippen molar-refractivity contribution in [1.29, 1.82) is 0 Å². The van der Waals surface area contributed by atoms with Crippen molar-refractivity contribution in [2.75, 3.05) is 18.8 Å². The Morgan fingerprint density at radius 3 is 1.43 bits per heavy atom. The monoisotopic (exact) mass is 141 g/mol. The Morgan fingerprint density at radius 1 is 1.43 bits per heavy atom. The third-order valence-electron chi connectivity index (χ3n) is 0. The summed E-state index contributed by atoms with van der Waals surface area (Å²) in [5.74, 6) is 0. The molecule has 7 heavy (non-hydrogen) atoms. The third-order valence-corrected chi connectivity index (χ3v) is 0. The third kappa shape index (κ3) is 742. The maximum Gasteiger partial charge on any atom is 0.324 e. The SMILES string of the molecule is C[S+](C)C.O=PO. The van der Waals surface area contributed by atoms with Crippen molar-refractivity contribution in [3.8, 4) is 0 Å². The fourth-order valence-electron chi connectivity index (χ4n) is 0. The van der Waals surface area contributed by atoms with Gasteiger partial charge in [-0.25, -0.2) is 4.57 Å². The van der Waals surface area contributed by atoms with Crippen LogP contribution in [0.15, 0.2) is 0 Å². The normalized spacial score (nSPS) is 8.14. The molecule has 1 N–H and O–H groups in total. The summed E-state index contributed by atoms with van der Waals surface area (Å²) in [6.07, 6.45) is 6.58. The minimum absolute atomic E-state index is 0.639. The molecule has 0 spiro atoms. The van der Waals surface area contributed by atoms with Gasteiger partial charge in [0.2, 0.25) is 0 Å². The molecule has 0 atom stereocenters. The zero-order valence-electron chi connectivity index (χ0n) is 4.71. The minimum atomic E-state index is -0.833. The highest BCUT2D eigenvalue weighted by Crippen LogP contribution is 1.66. The van der Waals surface area contributed by atoms with Gasteiger partial charge in [0.1, 0.15) is 0 Å². The topological polar surface area (TPSA) is 37.3 Å². The molecule has 0 bridgehead atoms. The summed E-state index contributed by atoms with van der Waals surface area (Å²) in [6, 6.07) is 0. The van der Waals surface area contributed by atoms with Crippen LogP contribution in [0, 0.1) is 0 Å². The second kappa shape index (κ2) is 9.65. The molecule has 0 radical (unpaired) electrons. The summed E-state index contributed by atoms with van der Waals surface area (Å²) < 4.78 is 8.46. The van der Waals surface area contributed by atoms with E-state index in [1.165, 1.54) is 0 Å². The van der Waals surface area contributed by atoms with Gasteiger partial charge in [0.15, 0.2) is 0 Å². The molecule has 0 saturated heterocycles. The van der Waals surface area contributed by atoms with E-state index < -0.39 is 8.69 Å². The standard InChI is InChI=1S/C3H9S.HO2P/c1-4(2)3;1-3-2/h1-3H3;(H,1,2)/q+1;. The highest BCUT2D eigenvalue weighted by molar-refractivity contribution is 7.94. The van der Waals surface area contributed by atoms with Crippen LogP contribution in [-0.2, 0) is 15.5 Å². The van der Waals surface area contributed by atoms with E-state index in [4.69, 9.17) is 9.46 Å². The Morgan fingerprint density at radius 2 is 1.43 bits per heavy atom. The van der Waals surface area contributed by atoms with Crippen LogP contribution in [0.2, 0.25) is 0 Å². The van der Waals surface area contributed by atoms with Crippen molar-refractivity contribution in [2.45, 2.75) is 0 Å². The Labute approximate surface area is 48.6 Å². The van der Waals surface area contributed by atoms with E-state index in [1.807, 2.05) is 0 Å². The summed E-state index contributed by atoms with van der Waals surface area (Å²) in [4.78, 5) is 6.99. The van der Waals surface area contributed by atoms with Crippen LogP contribution in [0.4, 0.5) is 0 Å². The molecule has 0 aromatic rings. The van der Waals surface area contributed by atoms with E-state index >= 15 is 0 Å². The predicted molar refractivity (Wildman–Crippen MR) is 35.0 cm³/mol. The van der Waals surface area contributed by atoms with Crippen LogP contribution < -0.4 is 0 Å². The zero-order valence-corrected chi connectivity index (χ0v) is 6.42. The fraction of sp³-hybridized carbons (Fsp3) is 1.00. The van der Waals surface area contributed by atoms with Gasteiger partial charge in [0.05, 0.1) is 18.8 Å². The number of hydrogen-bond acceptors (Lipinski definition) is 1. The Hall–Kier alpha value is 0.410. The van der Waals surface area contributed by atoms with Crippen molar-refractivity contribution in [3.05, 3.63) is 0 Å². The van der Waals surface area contributed by atoms with Gasteiger partial charge in [-0.3, -0.25) is 0 Å². The Bertz CT molecular complexity index is 37.2. The van der Waals surface area contributed by atoms with Crippen molar-refractivity contribution >= 4 is 19.6 Å². The molecule has 0 unspecified atom stereocenters. The van der Waals surface area contributed by atoms with Crippen LogP contribution in [-0.4, -0.2) is 23.7 Å². The molecular weight excluding hydrogens is 131 g/mol. The van der Waals surface area contributed by atoms with E-state index in [0.29, 0.717) is 10.9 Å². The fourth-order valence-corrected chi connectivity index (χ4v) is 0. The molecule has 0 aromatic heterocycles. The van der Waals surface area contributed by atoms with E-state index in [9.17, 15) is 0 Å². The first-order chi connectivity index (χ1) is 3.15. The molecule has 0 rings (SSSR count). The van der Waals surface area contributed by atoms with Gasteiger partial charge in [-0.05, 0) is 10.9 Å². The van der Waals surface area contributed by atoms with Crippen LogP contribution in [0.3, 0.4) is 0 Å². The molecule has 0 aliphatic rings. The van der Waals surface area contributed by atoms with Gasteiger partial charge >= 0.3 is 8.69 Å². The predicted octanol–water partition coefficient (Wildman–Crippen LogP) is 0.679. The van der Waals surface area contributed by atoms with Crippen molar-refractivity contribution < 1.29 is 9.46 Å². The molecule has 0 fully saturated rings. The van der Waals surface area contributed by atoms with Crippen LogP contribution >= 0.6 is 8.69 Å². The molecule has 0 saturated carbocycles. The second-order valence-corrected chi connectivity index (χ2v) is 3.92. The van der Waals surface area contributed by atoms with Crippen molar-refractivity contribution in [1.82, 2.24) is 0 Å².